The van der Waals surface area contributed by atoms with Gasteiger partial charge in [0.15, 0.2) is 0 Å². The summed E-state index contributed by atoms with van der Waals surface area (Å²) in [5, 5.41) is 0. The quantitative estimate of drug-likeness (QED) is 0.321. The zero-order chi connectivity index (χ0) is 10.6. The Kier molecular flexibility index (Phi) is 11.0. The highest BCUT2D eigenvalue weighted by atomic mass is 32.2. The average molecular weight is 218 g/mol. The molecule has 0 radical (unpaired) electrons. The van der Waals surface area contributed by atoms with Crippen molar-refractivity contribution < 1.29 is 9.35 Å². The van der Waals surface area contributed by atoms with Crippen molar-refractivity contribution in [2.75, 3.05) is 5.75 Å². The van der Waals surface area contributed by atoms with E-state index < -0.39 is 11.2 Å². The maximum atomic E-state index is 10.7. The summed E-state index contributed by atoms with van der Waals surface area (Å²) in [6.45, 7) is 2.22. The summed E-state index contributed by atoms with van der Waals surface area (Å²) < 4.78 is 10.7. The largest absolute Gasteiger partial charge is 0.609 e. The van der Waals surface area contributed by atoms with E-state index in [1.54, 1.807) is 0 Å². The number of carbonyl (C=O) groups excluding carboxylic acids is 1. The predicted octanol–water partition coefficient (Wildman–Crippen LogP) is 3.07. The van der Waals surface area contributed by atoms with Gasteiger partial charge in [0.1, 0.15) is 5.75 Å². The van der Waals surface area contributed by atoms with E-state index in [2.05, 4.69) is 6.92 Å². The molecule has 0 aromatic heterocycles. The lowest BCUT2D eigenvalue weighted by Gasteiger charge is -2.02. The second-order valence-electron chi connectivity index (χ2n) is 3.66. The fourth-order valence-corrected chi connectivity index (χ4v) is 2.01. The third-order valence-electron chi connectivity index (χ3n) is 2.31. The Morgan fingerprint density at radius 3 is 2.00 bits per heavy atom. The van der Waals surface area contributed by atoms with Crippen LogP contribution >= 0.6 is 0 Å². The van der Waals surface area contributed by atoms with Gasteiger partial charge in [-0.05, 0) is 12.8 Å². The first kappa shape index (κ1) is 14.0. The van der Waals surface area contributed by atoms with Crippen molar-refractivity contribution in [3.63, 3.8) is 0 Å². The van der Waals surface area contributed by atoms with Gasteiger partial charge in [0.25, 0.3) is 0 Å². The van der Waals surface area contributed by atoms with Crippen LogP contribution in [0, 0.1) is 0 Å². The van der Waals surface area contributed by atoms with E-state index in [1.807, 2.05) is 0 Å². The Hall–Kier alpha value is -0.0200. The lowest BCUT2D eigenvalue weighted by atomic mass is 10.1. The van der Waals surface area contributed by atoms with Crippen LogP contribution in [0.2, 0.25) is 0 Å². The molecule has 0 saturated carbocycles. The normalized spacial score (nSPS) is 12.7. The van der Waals surface area contributed by atoms with Crippen LogP contribution in [0.15, 0.2) is 0 Å². The zero-order valence-corrected chi connectivity index (χ0v) is 9.98. The fourth-order valence-electron chi connectivity index (χ4n) is 1.43. The number of hydrogen-bond acceptors (Lipinski definition) is 2. The van der Waals surface area contributed by atoms with Crippen molar-refractivity contribution in [2.24, 2.45) is 0 Å². The van der Waals surface area contributed by atoms with Crippen molar-refractivity contribution in [3.05, 3.63) is 0 Å². The summed E-state index contributed by atoms with van der Waals surface area (Å²) in [5.41, 5.74) is 0.543. The molecule has 0 aliphatic carbocycles. The van der Waals surface area contributed by atoms with E-state index in [9.17, 15) is 9.35 Å². The summed E-state index contributed by atoms with van der Waals surface area (Å²) in [4.78, 5) is 10.0. The van der Waals surface area contributed by atoms with Crippen LogP contribution in [0.4, 0.5) is 0 Å². The molecule has 0 aliphatic rings. The van der Waals surface area contributed by atoms with Crippen LogP contribution in [-0.2, 0) is 16.0 Å². The number of rotatable bonds is 10. The molecule has 2 nitrogen and oxygen atoms in total. The topological polar surface area (TPSA) is 40.1 Å². The molecule has 1 atom stereocenters. The Bertz CT molecular complexity index is 128. The van der Waals surface area contributed by atoms with E-state index >= 15 is 0 Å². The van der Waals surface area contributed by atoms with E-state index in [0.29, 0.717) is 11.4 Å². The molecule has 0 aromatic carbocycles. The monoisotopic (exact) mass is 218 g/mol. The van der Waals surface area contributed by atoms with Crippen molar-refractivity contribution in [2.45, 2.75) is 58.3 Å². The van der Waals surface area contributed by atoms with Crippen molar-refractivity contribution in [1.82, 2.24) is 0 Å². The molecule has 0 aromatic rings. The lowest BCUT2D eigenvalue weighted by Crippen LogP contribution is -2.06. The fraction of sp³-hybridized carbons (Fsp3) is 0.909. The molecule has 0 N–H and O–H groups in total. The Balaban J connectivity index is 2.95. The Morgan fingerprint density at radius 1 is 1.00 bits per heavy atom. The molecule has 0 amide bonds. The minimum Gasteiger partial charge on any atom is -0.609 e. The minimum atomic E-state index is -1.22. The smallest absolute Gasteiger partial charge is 0.317 e. The standard InChI is InChI=1S/C11H22O2S/c1-2-3-4-5-6-7-8-9-10-14(13)11-12/h11H,2-10H2,1H3. The van der Waals surface area contributed by atoms with Crippen LogP contribution < -0.4 is 0 Å². The second-order valence-corrected chi connectivity index (χ2v) is 5.02. The molecule has 14 heavy (non-hydrogen) atoms. The molecule has 0 aliphatic heterocycles. The third-order valence-corrected chi connectivity index (χ3v) is 3.21. The van der Waals surface area contributed by atoms with E-state index in [0.717, 1.165) is 12.8 Å². The van der Waals surface area contributed by atoms with Gasteiger partial charge in [-0.3, -0.25) is 0 Å². The summed E-state index contributed by atoms with van der Waals surface area (Å²) in [5.74, 6) is 0.554. The highest BCUT2D eigenvalue weighted by Crippen LogP contribution is 2.08. The molecule has 0 bridgehead atoms. The predicted molar refractivity (Wildman–Crippen MR) is 62.4 cm³/mol. The maximum absolute atomic E-state index is 10.7. The van der Waals surface area contributed by atoms with Crippen molar-refractivity contribution in [1.29, 1.82) is 0 Å². The second kappa shape index (κ2) is 11.1. The molecular weight excluding hydrogens is 196 g/mol. The lowest BCUT2D eigenvalue weighted by molar-refractivity contribution is 0.553. The van der Waals surface area contributed by atoms with Crippen LogP contribution in [0.3, 0.4) is 0 Å². The van der Waals surface area contributed by atoms with E-state index in [-0.39, 0.29) is 0 Å². The summed E-state index contributed by atoms with van der Waals surface area (Å²) >= 11 is -1.22. The molecule has 0 heterocycles. The van der Waals surface area contributed by atoms with Crippen molar-refractivity contribution in [3.8, 4) is 0 Å². The van der Waals surface area contributed by atoms with Gasteiger partial charge in [-0.25, -0.2) is 4.79 Å². The van der Waals surface area contributed by atoms with E-state index in [1.165, 1.54) is 38.5 Å². The molecule has 0 saturated heterocycles. The molecule has 84 valence electrons. The summed E-state index contributed by atoms with van der Waals surface area (Å²) in [6, 6.07) is 0. The van der Waals surface area contributed by atoms with Gasteiger partial charge in [-0.15, -0.1) is 0 Å². The molecule has 3 heteroatoms. The van der Waals surface area contributed by atoms with Crippen LogP contribution in [-0.4, -0.2) is 15.9 Å². The first-order valence-electron chi connectivity index (χ1n) is 5.63. The molecule has 0 fully saturated rings. The number of hydrogen-bond donors (Lipinski definition) is 0. The van der Waals surface area contributed by atoms with Gasteiger partial charge in [0.2, 0.25) is 0 Å². The number of carbonyl (C=O) groups is 1. The van der Waals surface area contributed by atoms with Gasteiger partial charge in [0.05, 0.1) is 0 Å². The highest BCUT2D eigenvalue weighted by molar-refractivity contribution is 8.04. The van der Waals surface area contributed by atoms with Crippen molar-refractivity contribution >= 4 is 16.8 Å². The van der Waals surface area contributed by atoms with Gasteiger partial charge < -0.3 is 4.55 Å². The Morgan fingerprint density at radius 2 is 1.50 bits per heavy atom. The Labute approximate surface area is 90.6 Å². The maximum Gasteiger partial charge on any atom is 0.317 e. The number of unbranched alkanes of at least 4 members (excludes halogenated alkanes) is 7. The SMILES string of the molecule is CCCCCCCCCC[S+]([O-])C=O. The van der Waals surface area contributed by atoms with Gasteiger partial charge in [0, 0.05) is 11.2 Å². The highest BCUT2D eigenvalue weighted by Gasteiger charge is 2.01. The summed E-state index contributed by atoms with van der Waals surface area (Å²) in [7, 11) is 0. The van der Waals surface area contributed by atoms with Gasteiger partial charge in [-0.2, -0.15) is 0 Å². The molecular formula is C11H22O2S. The minimum absolute atomic E-state index is 0.543. The molecule has 1 unspecified atom stereocenters. The molecule has 0 rings (SSSR count). The summed E-state index contributed by atoms with van der Waals surface area (Å²) in [6.07, 6.45) is 9.85. The zero-order valence-electron chi connectivity index (χ0n) is 9.17. The van der Waals surface area contributed by atoms with Gasteiger partial charge in [-0.1, -0.05) is 45.4 Å². The van der Waals surface area contributed by atoms with Crippen LogP contribution in [0.1, 0.15) is 58.3 Å². The average Bonchev–Trinajstić information content (AvgIpc) is 2.21. The third kappa shape index (κ3) is 10.1. The molecule has 0 spiro atoms. The van der Waals surface area contributed by atoms with Crippen LogP contribution in [0.25, 0.3) is 0 Å². The van der Waals surface area contributed by atoms with Crippen LogP contribution in [0.5, 0.6) is 0 Å². The first-order valence-corrected chi connectivity index (χ1v) is 7.02. The van der Waals surface area contributed by atoms with Gasteiger partial charge >= 0.3 is 5.62 Å². The van der Waals surface area contributed by atoms with E-state index in [4.69, 9.17) is 0 Å². The first-order chi connectivity index (χ1) is 6.81.